The molecule has 2 heterocycles. The average molecular weight is 450 g/mol. The molecule has 0 saturated heterocycles. The summed E-state index contributed by atoms with van der Waals surface area (Å²) in [6.07, 6.45) is 8.25. The van der Waals surface area contributed by atoms with Crippen LogP contribution in [0.25, 0.3) is 0 Å². The minimum Gasteiger partial charge on any atom is -0.351 e. The summed E-state index contributed by atoms with van der Waals surface area (Å²) in [4.78, 5) is 46.3. The summed E-state index contributed by atoms with van der Waals surface area (Å²) >= 11 is 0. The number of hydrogen-bond acceptors (Lipinski definition) is 4. The molecule has 0 spiro atoms. The van der Waals surface area contributed by atoms with Gasteiger partial charge in [-0.15, -0.1) is 0 Å². The lowest BCUT2D eigenvalue weighted by molar-refractivity contribution is -0.134. The summed E-state index contributed by atoms with van der Waals surface area (Å²) in [6, 6.07) is 7.81. The first kappa shape index (κ1) is 21.7. The molecule has 0 bridgehead atoms. The Labute approximate surface area is 193 Å². The summed E-state index contributed by atoms with van der Waals surface area (Å²) in [5.74, 6) is -0.816. The van der Waals surface area contributed by atoms with Gasteiger partial charge in [0.05, 0.1) is 12.9 Å². The smallest absolute Gasteiger partial charge is 0.276 e. The lowest BCUT2D eigenvalue weighted by Crippen LogP contribution is -2.65. The van der Waals surface area contributed by atoms with E-state index < -0.39 is 11.4 Å². The normalized spacial score (nSPS) is 22.8. The summed E-state index contributed by atoms with van der Waals surface area (Å²) in [7, 11) is 0. The van der Waals surface area contributed by atoms with Crippen LogP contribution in [0.4, 0.5) is 5.69 Å². The molecule has 1 aromatic carbocycles. The maximum atomic E-state index is 13.7. The van der Waals surface area contributed by atoms with Gasteiger partial charge < -0.3 is 20.1 Å². The zero-order valence-corrected chi connectivity index (χ0v) is 19.3. The third kappa shape index (κ3) is 3.81. The molecule has 33 heavy (non-hydrogen) atoms. The van der Waals surface area contributed by atoms with Gasteiger partial charge in [0.1, 0.15) is 11.2 Å². The van der Waals surface area contributed by atoms with Crippen LogP contribution in [-0.2, 0) is 17.8 Å². The van der Waals surface area contributed by atoms with E-state index >= 15 is 0 Å². The maximum absolute atomic E-state index is 13.7. The van der Waals surface area contributed by atoms with E-state index in [-0.39, 0.29) is 41.8 Å². The largest absolute Gasteiger partial charge is 0.351 e. The predicted molar refractivity (Wildman–Crippen MR) is 124 cm³/mol. The third-order valence-electron chi connectivity index (χ3n) is 7.22. The van der Waals surface area contributed by atoms with Crippen molar-refractivity contribution in [1.82, 2.24) is 19.8 Å². The second-order valence-electron chi connectivity index (χ2n) is 9.67. The van der Waals surface area contributed by atoms with Crippen molar-refractivity contribution < 1.29 is 14.4 Å². The van der Waals surface area contributed by atoms with Crippen molar-refractivity contribution in [2.45, 2.75) is 83.0 Å². The molecule has 1 aromatic heterocycles. The minimum atomic E-state index is -1.00. The van der Waals surface area contributed by atoms with Crippen molar-refractivity contribution in [2.75, 3.05) is 5.32 Å². The fraction of sp³-hybridized carbons (Fsp3) is 0.520. The Balaban J connectivity index is 1.44. The molecule has 1 aliphatic heterocycles. The van der Waals surface area contributed by atoms with Crippen LogP contribution in [0.5, 0.6) is 0 Å². The fourth-order valence-electron chi connectivity index (χ4n) is 5.26. The van der Waals surface area contributed by atoms with Crippen LogP contribution in [0.1, 0.15) is 78.9 Å². The number of rotatable bonds is 6. The van der Waals surface area contributed by atoms with Crippen molar-refractivity contribution in [3.05, 3.63) is 47.5 Å². The number of imidazole rings is 1. The summed E-state index contributed by atoms with van der Waals surface area (Å²) in [5, 5.41) is 6.10. The van der Waals surface area contributed by atoms with Crippen molar-refractivity contribution in [2.24, 2.45) is 0 Å². The Morgan fingerprint density at radius 2 is 1.88 bits per heavy atom. The first-order valence-corrected chi connectivity index (χ1v) is 12.0. The number of anilines is 1. The topological polar surface area (TPSA) is 96.3 Å². The van der Waals surface area contributed by atoms with Crippen LogP contribution in [0.15, 0.2) is 30.6 Å². The number of nitrogens with zero attached hydrogens (tertiary/aromatic N) is 3. The highest BCUT2D eigenvalue weighted by Crippen LogP contribution is 2.39. The molecule has 1 atom stereocenters. The SMILES string of the molecule is CCc1ccccc1NC(=O)c1ncn2c1C(=O)N(C1CC1)[C@@](C)(C(=O)NC1CCCC1)C2. The van der Waals surface area contributed by atoms with E-state index in [2.05, 4.69) is 15.6 Å². The monoisotopic (exact) mass is 449 g/mol. The third-order valence-corrected chi connectivity index (χ3v) is 7.22. The standard InChI is InChI=1S/C25H31N5O3/c1-3-16-8-4-7-11-19(16)28-22(31)20-21-23(32)30(18-12-13-18)25(2,14-29(21)15-26-20)24(33)27-17-9-5-6-10-17/h4,7-8,11,15,17-18H,3,5-6,9-10,12-14H2,1-2H3,(H,27,33)(H,28,31)/t25-/m1/s1. The molecular formula is C25H31N5O3. The molecule has 0 radical (unpaired) electrons. The highest BCUT2D eigenvalue weighted by molar-refractivity contribution is 6.12. The van der Waals surface area contributed by atoms with Gasteiger partial charge in [-0.3, -0.25) is 14.4 Å². The van der Waals surface area contributed by atoms with E-state index in [1.807, 2.05) is 38.1 Å². The molecule has 2 aliphatic carbocycles. The van der Waals surface area contributed by atoms with Gasteiger partial charge in [0.15, 0.2) is 5.69 Å². The van der Waals surface area contributed by atoms with Crippen LogP contribution < -0.4 is 10.6 Å². The molecule has 8 heteroatoms. The van der Waals surface area contributed by atoms with Crippen LogP contribution in [-0.4, -0.2) is 49.8 Å². The van der Waals surface area contributed by atoms with Gasteiger partial charge in [-0.25, -0.2) is 4.98 Å². The van der Waals surface area contributed by atoms with Crippen LogP contribution in [0.2, 0.25) is 0 Å². The minimum absolute atomic E-state index is 0.0252. The highest BCUT2D eigenvalue weighted by atomic mass is 16.2. The van der Waals surface area contributed by atoms with Crippen molar-refractivity contribution >= 4 is 23.4 Å². The van der Waals surface area contributed by atoms with E-state index in [9.17, 15) is 14.4 Å². The first-order chi connectivity index (χ1) is 15.9. The number of carbonyl (C=O) groups excluding carboxylic acids is 3. The van der Waals surface area contributed by atoms with Gasteiger partial charge >= 0.3 is 0 Å². The van der Waals surface area contributed by atoms with Gasteiger partial charge in [0.2, 0.25) is 5.91 Å². The fourth-order valence-corrected chi connectivity index (χ4v) is 5.26. The van der Waals surface area contributed by atoms with Gasteiger partial charge in [-0.1, -0.05) is 38.0 Å². The second-order valence-corrected chi connectivity index (χ2v) is 9.67. The van der Waals surface area contributed by atoms with Gasteiger partial charge in [0, 0.05) is 17.8 Å². The lowest BCUT2D eigenvalue weighted by atomic mass is 9.93. The van der Waals surface area contributed by atoms with Crippen LogP contribution in [0, 0.1) is 0 Å². The van der Waals surface area contributed by atoms with Gasteiger partial charge in [0.25, 0.3) is 11.8 Å². The number of amides is 3. The number of benzene rings is 1. The number of aryl methyl sites for hydroxylation is 1. The Bertz CT molecular complexity index is 1100. The van der Waals surface area contributed by atoms with E-state index in [0.29, 0.717) is 0 Å². The molecule has 5 rings (SSSR count). The van der Waals surface area contributed by atoms with E-state index in [4.69, 9.17) is 0 Å². The van der Waals surface area contributed by atoms with E-state index in [1.165, 1.54) is 6.33 Å². The molecule has 8 nitrogen and oxygen atoms in total. The Hall–Kier alpha value is -3.16. The van der Waals surface area contributed by atoms with Gasteiger partial charge in [-0.2, -0.15) is 0 Å². The molecule has 2 fully saturated rings. The molecule has 2 saturated carbocycles. The summed E-state index contributed by atoms with van der Waals surface area (Å²) in [5.41, 5.74) is 1.10. The number of fused-ring (bicyclic) bond motifs is 1. The van der Waals surface area contributed by atoms with E-state index in [1.54, 1.807) is 9.47 Å². The number of aromatic nitrogens is 2. The molecule has 2 aromatic rings. The van der Waals surface area contributed by atoms with Crippen LogP contribution >= 0.6 is 0 Å². The van der Waals surface area contributed by atoms with Crippen molar-refractivity contribution in [3.8, 4) is 0 Å². The molecule has 2 N–H and O–H groups in total. The Kier molecular flexibility index (Phi) is 5.46. The Morgan fingerprint density at radius 3 is 2.58 bits per heavy atom. The average Bonchev–Trinajstić information content (AvgIpc) is 3.31. The number of para-hydroxylation sites is 1. The number of carbonyl (C=O) groups is 3. The zero-order valence-electron chi connectivity index (χ0n) is 19.3. The summed E-state index contributed by atoms with van der Waals surface area (Å²) in [6.45, 7) is 4.15. The molecular weight excluding hydrogens is 418 g/mol. The summed E-state index contributed by atoms with van der Waals surface area (Å²) < 4.78 is 1.68. The molecule has 174 valence electrons. The first-order valence-electron chi connectivity index (χ1n) is 12.0. The second kappa shape index (κ2) is 8.32. The molecule has 3 amide bonds. The molecule has 3 aliphatic rings. The Morgan fingerprint density at radius 1 is 1.15 bits per heavy atom. The van der Waals surface area contributed by atoms with E-state index in [0.717, 1.165) is 56.2 Å². The van der Waals surface area contributed by atoms with Crippen LogP contribution in [0.3, 0.4) is 0 Å². The predicted octanol–water partition coefficient (Wildman–Crippen LogP) is 3.13. The molecule has 0 unspecified atom stereocenters. The van der Waals surface area contributed by atoms with Crippen molar-refractivity contribution in [1.29, 1.82) is 0 Å². The highest BCUT2D eigenvalue weighted by Gasteiger charge is 2.54. The van der Waals surface area contributed by atoms with Gasteiger partial charge in [-0.05, 0) is 50.7 Å². The quantitative estimate of drug-likeness (QED) is 0.708. The number of hydrogen-bond donors (Lipinski definition) is 2. The zero-order chi connectivity index (χ0) is 23.2. The number of nitrogens with one attached hydrogen (secondary N) is 2. The van der Waals surface area contributed by atoms with Crippen molar-refractivity contribution in [3.63, 3.8) is 0 Å². The lowest BCUT2D eigenvalue weighted by Gasteiger charge is -2.44. The maximum Gasteiger partial charge on any atom is 0.276 e.